The zero-order valence-corrected chi connectivity index (χ0v) is 14.5. The first-order valence-corrected chi connectivity index (χ1v) is 8.48. The van der Waals surface area contributed by atoms with Crippen LogP contribution in [0.4, 0.5) is 13.2 Å². The van der Waals surface area contributed by atoms with Gasteiger partial charge in [-0.25, -0.2) is 0 Å². The van der Waals surface area contributed by atoms with Gasteiger partial charge in [0, 0.05) is 18.3 Å². The molecule has 0 bridgehead atoms. The van der Waals surface area contributed by atoms with Gasteiger partial charge in [-0.2, -0.15) is 13.2 Å². The second kappa shape index (κ2) is 7.50. The fourth-order valence-electron chi connectivity index (χ4n) is 2.57. The van der Waals surface area contributed by atoms with Gasteiger partial charge in [0.05, 0.1) is 22.8 Å². The number of halogens is 4. The molecule has 3 rings (SSSR count). The third kappa shape index (κ3) is 4.64. The normalized spacial score (nSPS) is 14.6. The van der Waals surface area contributed by atoms with Gasteiger partial charge in [0.15, 0.2) is 0 Å². The Morgan fingerprint density at radius 1 is 1.27 bits per heavy atom. The number of alkyl halides is 3. The van der Waals surface area contributed by atoms with E-state index in [0.717, 1.165) is 24.6 Å². The Morgan fingerprint density at radius 3 is 2.65 bits per heavy atom. The lowest BCUT2D eigenvalue weighted by Gasteiger charge is -2.20. The van der Waals surface area contributed by atoms with Crippen LogP contribution in [0.15, 0.2) is 48.7 Å². The number of aromatic nitrogens is 1. The van der Waals surface area contributed by atoms with Gasteiger partial charge >= 0.3 is 6.18 Å². The monoisotopic (exact) mass is 380 g/mol. The van der Waals surface area contributed by atoms with Crippen LogP contribution in [0.25, 0.3) is 6.08 Å². The van der Waals surface area contributed by atoms with Crippen molar-refractivity contribution in [3.63, 3.8) is 0 Å². The first-order valence-electron chi connectivity index (χ1n) is 8.10. The van der Waals surface area contributed by atoms with Crippen molar-refractivity contribution in [3.05, 3.63) is 70.5 Å². The summed E-state index contributed by atoms with van der Waals surface area (Å²) in [5.41, 5.74) is 0.122. The molecule has 1 amide bonds. The molecule has 0 N–H and O–H groups in total. The number of rotatable bonds is 5. The molecule has 1 fully saturated rings. The number of amides is 1. The molecule has 0 spiro atoms. The van der Waals surface area contributed by atoms with E-state index in [-0.39, 0.29) is 22.5 Å². The Balaban J connectivity index is 1.75. The summed E-state index contributed by atoms with van der Waals surface area (Å²) in [5, 5.41) is -0.365. The molecule has 1 aromatic carbocycles. The zero-order chi connectivity index (χ0) is 18.7. The molecule has 3 nitrogen and oxygen atoms in total. The highest BCUT2D eigenvalue weighted by Crippen LogP contribution is 2.35. The number of hydrogen-bond donors (Lipinski definition) is 0. The van der Waals surface area contributed by atoms with Crippen LogP contribution in [0.2, 0.25) is 5.02 Å². The minimum Gasteiger partial charge on any atom is -0.330 e. The van der Waals surface area contributed by atoms with Crippen molar-refractivity contribution in [3.8, 4) is 0 Å². The topological polar surface area (TPSA) is 33.2 Å². The highest BCUT2D eigenvalue weighted by atomic mass is 35.5. The van der Waals surface area contributed by atoms with Gasteiger partial charge in [0.25, 0.3) is 0 Å². The minimum atomic E-state index is -4.54. The Labute approximate surface area is 154 Å². The molecule has 1 aromatic heterocycles. The van der Waals surface area contributed by atoms with Crippen molar-refractivity contribution in [2.75, 3.05) is 0 Å². The second-order valence-corrected chi connectivity index (χ2v) is 6.50. The Kier molecular flexibility index (Phi) is 5.32. The number of pyridine rings is 1. The van der Waals surface area contributed by atoms with Crippen LogP contribution in [0, 0.1) is 0 Å². The standard InChI is InChI=1S/C19H16ClF3N2O/c20-17-8-4-13(11-16(17)19(21,22)23)5-9-18(26)25(15-6-7-15)12-14-3-1-2-10-24-14/h1-5,8-11,15H,6-7,12H2/b9-5+. The highest BCUT2D eigenvalue weighted by molar-refractivity contribution is 6.31. The molecule has 136 valence electrons. The van der Waals surface area contributed by atoms with Crippen molar-refractivity contribution < 1.29 is 18.0 Å². The predicted molar refractivity (Wildman–Crippen MR) is 93.3 cm³/mol. The molecule has 1 aliphatic rings. The van der Waals surface area contributed by atoms with Gasteiger partial charge in [-0.3, -0.25) is 9.78 Å². The van der Waals surface area contributed by atoms with E-state index in [1.54, 1.807) is 17.2 Å². The van der Waals surface area contributed by atoms with Crippen LogP contribution in [0.1, 0.15) is 29.7 Å². The maximum atomic E-state index is 12.9. The third-order valence-corrected chi connectivity index (χ3v) is 4.37. The molecule has 2 aromatic rings. The van der Waals surface area contributed by atoms with E-state index in [4.69, 9.17) is 11.6 Å². The number of carbonyl (C=O) groups excluding carboxylic acids is 1. The van der Waals surface area contributed by atoms with Gasteiger partial charge in [-0.05, 0) is 48.7 Å². The lowest BCUT2D eigenvalue weighted by atomic mass is 10.1. The third-order valence-electron chi connectivity index (χ3n) is 4.04. The van der Waals surface area contributed by atoms with Crippen LogP contribution in [0.5, 0.6) is 0 Å². The summed E-state index contributed by atoms with van der Waals surface area (Å²) in [4.78, 5) is 18.4. The first kappa shape index (κ1) is 18.5. The molecule has 7 heteroatoms. The predicted octanol–water partition coefficient (Wildman–Crippen LogP) is 4.96. The van der Waals surface area contributed by atoms with Crippen LogP contribution in [-0.4, -0.2) is 21.8 Å². The van der Waals surface area contributed by atoms with Crippen LogP contribution >= 0.6 is 11.6 Å². The van der Waals surface area contributed by atoms with Crippen LogP contribution < -0.4 is 0 Å². The van der Waals surface area contributed by atoms with Crippen LogP contribution in [0.3, 0.4) is 0 Å². The van der Waals surface area contributed by atoms with Crippen molar-refractivity contribution >= 4 is 23.6 Å². The van der Waals surface area contributed by atoms with E-state index in [1.807, 2.05) is 12.1 Å². The molecule has 1 saturated carbocycles. The van der Waals surface area contributed by atoms with E-state index in [1.165, 1.54) is 24.3 Å². The summed E-state index contributed by atoms with van der Waals surface area (Å²) < 4.78 is 38.8. The molecule has 0 aliphatic heterocycles. The largest absolute Gasteiger partial charge is 0.417 e. The second-order valence-electron chi connectivity index (χ2n) is 6.09. The Bertz CT molecular complexity index is 817. The van der Waals surface area contributed by atoms with Crippen molar-refractivity contribution in [1.82, 2.24) is 9.88 Å². The van der Waals surface area contributed by atoms with E-state index < -0.39 is 11.7 Å². The molecule has 0 radical (unpaired) electrons. The smallest absolute Gasteiger partial charge is 0.330 e. The highest BCUT2D eigenvalue weighted by Gasteiger charge is 2.33. The number of carbonyl (C=O) groups is 1. The molecular formula is C19H16ClF3N2O. The molecule has 1 aliphatic carbocycles. The number of hydrogen-bond acceptors (Lipinski definition) is 2. The van der Waals surface area contributed by atoms with E-state index >= 15 is 0 Å². The van der Waals surface area contributed by atoms with Crippen molar-refractivity contribution in [2.45, 2.75) is 31.6 Å². The summed E-state index contributed by atoms with van der Waals surface area (Å²) in [6.45, 7) is 0.378. The maximum absolute atomic E-state index is 12.9. The van der Waals surface area contributed by atoms with E-state index in [0.29, 0.717) is 6.54 Å². The maximum Gasteiger partial charge on any atom is 0.417 e. The quantitative estimate of drug-likeness (QED) is 0.687. The Morgan fingerprint density at radius 2 is 2.04 bits per heavy atom. The lowest BCUT2D eigenvalue weighted by Crippen LogP contribution is -2.31. The van der Waals surface area contributed by atoms with Gasteiger partial charge in [-0.15, -0.1) is 0 Å². The average molecular weight is 381 g/mol. The molecule has 0 saturated heterocycles. The summed E-state index contributed by atoms with van der Waals surface area (Å²) >= 11 is 5.61. The molecular weight excluding hydrogens is 365 g/mol. The molecule has 0 atom stereocenters. The summed E-state index contributed by atoms with van der Waals surface area (Å²) in [7, 11) is 0. The van der Waals surface area contributed by atoms with Gasteiger partial charge in [0.2, 0.25) is 5.91 Å². The lowest BCUT2D eigenvalue weighted by molar-refractivity contribution is -0.137. The van der Waals surface area contributed by atoms with Gasteiger partial charge in [-0.1, -0.05) is 23.7 Å². The van der Waals surface area contributed by atoms with Crippen molar-refractivity contribution in [2.24, 2.45) is 0 Å². The van der Waals surface area contributed by atoms with Gasteiger partial charge in [0.1, 0.15) is 0 Å². The Hall–Kier alpha value is -2.34. The molecule has 26 heavy (non-hydrogen) atoms. The van der Waals surface area contributed by atoms with Crippen molar-refractivity contribution in [1.29, 1.82) is 0 Å². The average Bonchev–Trinajstić information content (AvgIpc) is 3.43. The minimum absolute atomic E-state index is 0.158. The SMILES string of the molecule is O=C(/C=C/c1ccc(Cl)c(C(F)(F)F)c1)N(Cc1ccccn1)C1CC1. The zero-order valence-electron chi connectivity index (χ0n) is 13.7. The summed E-state index contributed by atoms with van der Waals surface area (Å²) in [5.74, 6) is -0.248. The van der Waals surface area contributed by atoms with Crippen LogP contribution in [-0.2, 0) is 17.5 Å². The number of benzene rings is 1. The first-order chi connectivity index (χ1) is 12.3. The summed E-state index contributed by atoms with van der Waals surface area (Å²) in [6.07, 6.45) is 1.64. The molecule has 0 unspecified atom stereocenters. The van der Waals surface area contributed by atoms with E-state index in [2.05, 4.69) is 4.98 Å². The van der Waals surface area contributed by atoms with Gasteiger partial charge < -0.3 is 4.90 Å². The number of nitrogens with zero attached hydrogens (tertiary/aromatic N) is 2. The summed E-state index contributed by atoms with van der Waals surface area (Å²) in [6, 6.07) is 9.20. The fourth-order valence-corrected chi connectivity index (χ4v) is 2.79. The molecule has 1 heterocycles. The van der Waals surface area contributed by atoms with E-state index in [9.17, 15) is 18.0 Å². The fraction of sp³-hybridized carbons (Fsp3) is 0.263.